The molecule has 1 amide bonds. The van der Waals surface area contributed by atoms with Gasteiger partial charge in [0.05, 0.1) is 5.57 Å². The summed E-state index contributed by atoms with van der Waals surface area (Å²) in [6.07, 6.45) is 1.61. The number of hydrazone groups is 1. The monoisotopic (exact) mass is 420 g/mol. The molecule has 0 aliphatic carbocycles. The Kier molecular flexibility index (Phi) is 4.51. The zero-order valence-corrected chi connectivity index (χ0v) is 16.7. The summed E-state index contributed by atoms with van der Waals surface area (Å²) in [5.74, 6) is 1.49. The van der Waals surface area contributed by atoms with Crippen molar-refractivity contribution in [2.24, 2.45) is 10.1 Å². The summed E-state index contributed by atoms with van der Waals surface area (Å²) in [6.45, 7) is 2.39. The van der Waals surface area contributed by atoms with Crippen molar-refractivity contribution < 1.29 is 19.0 Å². The van der Waals surface area contributed by atoms with Gasteiger partial charge in [0.15, 0.2) is 17.3 Å². The molecule has 0 unspecified atom stereocenters. The minimum Gasteiger partial charge on any atom is -0.487 e. The highest BCUT2D eigenvalue weighted by Crippen LogP contribution is 2.34. The molecule has 1 N–H and O–H groups in total. The summed E-state index contributed by atoms with van der Waals surface area (Å²) >= 11 is 1.23. The van der Waals surface area contributed by atoms with Crippen molar-refractivity contribution >= 4 is 39.8 Å². The molecule has 3 aliphatic heterocycles. The van der Waals surface area contributed by atoms with Crippen LogP contribution in [0.5, 0.6) is 17.2 Å². The zero-order chi connectivity index (χ0) is 20.7. The molecule has 3 heterocycles. The Balaban J connectivity index is 1.35. The van der Waals surface area contributed by atoms with Crippen molar-refractivity contribution in [3.63, 3.8) is 0 Å². The standard InChI is InChI=1S/C21H16N4O4S/c1-12-3-2-4-14(7-12)27-10-18-24-25-19(22)15(20(26)23-21(25)30-18)8-13-5-6-16-17(9-13)29-11-28-16/h2-9,22H,10-11H2,1H3. The van der Waals surface area contributed by atoms with Gasteiger partial charge in [0.1, 0.15) is 17.4 Å². The number of amidine groups is 2. The molecule has 2 aromatic rings. The molecule has 9 heteroatoms. The molecule has 8 nitrogen and oxygen atoms in total. The van der Waals surface area contributed by atoms with Crippen molar-refractivity contribution in [3.05, 3.63) is 59.2 Å². The molecule has 0 saturated heterocycles. The number of hydrogen-bond donors (Lipinski definition) is 1. The Morgan fingerprint density at radius 3 is 2.97 bits per heavy atom. The lowest BCUT2D eigenvalue weighted by molar-refractivity contribution is -0.114. The van der Waals surface area contributed by atoms with E-state index >= 15 is 0 Å². The maximum absolute atomic E-state index is 12.5. The van der Waals surface area contributed by atoms with Gasteiger partial charge in [-0.25, -0.2) is 0 Å². The van der Waals surface area contributed by atoms with E-state index in [9.17, 15) is 4.79 Å². The number of thioether (sulfide) groups is 1. The molecule has 0 radical (unpaired) electrons. The van der Waals surface area contributed by atoms with Crippen molar-refractivity contribution in [2.75, 3.05) is 13.4 Å². The third kappa shape index (κ3) is 3.43. The Morgan fingerprint density at radius 2 is 2.10 bits per heavy atom. The summed E-state index contributed by atoms with van der Waals surface area (Å²) < 4.78 is 16.4. The summed E-state index contributed by atoms with van der Waals surface area (Å²) in [6, 6.07) is 13.0. The lowest BCUT2D eigenvalue weighted by Gasteiger charge is -2.20. The van der Waals surface area contributed by atoms with E-state index in [1.165, 1.54) is 16.8 Å². The van der Waals surface area contributed by atoms with Gasteiger partial charge in [0, 0.05) is 0 Å². The first kappa shape index (κ1) is 18.4. The lowest BCUT2D eigenvalue weighted by atomic mass is 10.1. The topological polar surface area (TPSA) is 96.6 Å². The van der Waals surface area contributed by atoms with Gasteiger partial charge >= 0.3 is 0 Å². The fourth-order valence-electron chi connectivity index (χ4n) is 3.11. The predicted molar refractivity (Wildman–Crippen MR) is 114 cm³/mol. The Bertz CT molecular complexity index is 1170. The first-order valence-corrected chi connectivity index (χ1v) is 9.97. The molecule has 0 aromatic heterocycles. The number of ether oxygens (including phenoxy) is 3. The normalized spacial score (nSPS) is 18.4. The number of hydrogen-bond acceptors (Lipinski definition) is 7. The van der Waals surface area contributed by atoms with Gasteiger partial charge in [-0.1, -0.05) is 18.2 Å². The van der Waals surface area contributed by atoms with E-state index in [0.29, 0.717) is 27.3 Å². The first-order chi connectivity index (χ1) is 14.6. The summed E-state index contributed by atoms with van der Waals surface area (Å²) in [5, 5.41) is 15.2. The largest absolute Gasteiger partial charge is 0.487 e. The highest BCUT2D eigenvalue weighted by atomic mass is 32.2. The number of benzene rings is 2. The molecule has 3 aliphatic rings. The van der Waals surface area contributed by atoms with E-state index in [0.717, 1.165) is 11.3 Å². The second-order valence-corrected chi connectivity index (χ2v) is 7.77. The van der Waals surface area contributed by atoms with Crippen LogP contribution < -0.4 is 14.2 Å². The van der Waals surface area contributed by atoms with Gasteiger partial charge in [-0.2, -0.15) is 15.1 Å². The van der Waals surface area contributed by atoms with Crippen molar-refractivity contribution in [1.29, 1.82) is 5.41 Å². The maximum atomic E-state index is 12.5. The predicted octanol–water partition coefficient (Wildman–Crippen LogP) is 3.42. The number of fused-ring (bicyclic) bond motifs is 2. The van der Waals surface area contributed by atoms with Crippen LogP contribution in [0.2, 0.25) is 0 Å². The van der Waals surface area contributed by atoms with E-state index in [4.69, 9.17) is 19.6 Å². The Hall–Kier alpha value is -3.59. The van der Waals surface area contributed by atoms with E-state index in [-0.39, 0.29) is 24.8 Å². The van der Waals surface area contributed by atoms with Crippen molar-refractivity contribution in [1.82, 2.24) is 5.01 Å². The van der Waals surface area contributed by atoms with E-state index in [2.05, 4.69) is 10.1 Å². The molecule has 0 bridgehead atoms. The average molecular weight is 420 g/mol. The van der Waals surface area contributed by atoms with Gasteiger partial charge < -0.3 is 14.2 Å². The highest BCUT2D eigenvalue weighted by Gasteiger charge is 2.35. The van der Waals surface area contributed by atoms with Crippen LogP contribution >= 0.6 is 11.8 Å². The van der Waals surface area contributed by atoms with Gasteiger partial charge in [-0.3, -0.25) is 10.2 Å². The summed E-state index contributed by atoms with van der Waals surface area (Å²) in [4.78, 5) is 16.6. The summed E-state index contributed by atoms with van der Waals surface area (Å²) in [7, 11) is 0. The van der Waals surface area contributed by atoms with Crippen LogP contribution in [0.25, 0.3) is 6.08 Å². The number of carbonyl (C=O) groups is 1. The van der Waals surface area contributed by atoms with Crippen molar-refractivity contribution in [2.45, 2.75) is 6.92 Å². The number of nitrogens with one attached hydrogen (secondary N) is 1. The highest BCUT2D eigenvalue weighted by molar-refractivity contribution is 8.27. The molecular formula is C21H16N4O4S. The Labute approximate surface area is 176 Å². The van der Waals surface area contributed by atoms with E-state index < -0.39 is 5.91 Å². The van der Waals surface area contributed by atoms with Crippen LogP contribution in [0.15, 0.2) is 58.1 Å². The third-order valence-electron chi connectivity index (χ3n) is 4.56. The van der Waals surface area contributed by atoms with E-state index in [1.54, 1.807) is 24.3 Å². The van der Waals surface area contributed by atoms with Gasteiger partial charge in [0.2, 0.25) is 12.0 Å². The molecule has 0 saturated carbocycles. The number of aryl methyl sites for hydroxylation is 1. The van der Waals surface area contributed by atoms with Crippen LogP contribution in [0.1, 0.15) is 11.1 Å². The number of rotatable bonds is 4. The zero-order valence-electron chi connectivity index (χ0n) is 15.9. The lowest BCUT2D eigenvalue weighted by Crippen LogP contribution is -2.35. The molecule has 0 fully saturated rings. The number of aliphatic imine (C=N–C) groups is 1. The second kappa shape index (κ2) is 7.34. The third-order valence-corrected chi connectivity index (χ3v) is 5.44. The van der Waals surface area contributed by atoms with Crippen LogP contribution in [0, 0.1) is 12.3 Å². The number of nitrogens with zero attached hydrogens (tertiary/aromatic N) is 3. The van der Waals surface area contributed by atoms with E-state index in [1.807, 2.05) is 31.2 Å². The van der Waals surface area contributed by atoms with Crippen LogP contribution in [0.3, 0.4) is 0 Å². The fraction of sp³-hybridized carbons (Fsp3) is 0.143. The van der Waals surface area contributed by atoms with Crippen molar-refractivity contribution in [3.8, 4) is 17.2 Å². The number of amides is 1. The quantitative estimate of drug-likeness (QED) is 0.762. The number of carbonyl (C=O) groups excluding carboxylic acids is 1. The molecular weight excluding hydrogens is 404 g/mol. The SMILES string of the molecule is Cc1cccc(OCC2=NN3C(=N)C(=Cc4ccc5c(c4)OCO5)C(=O)N=C3S2)c1. The minimum atomic E-state index is -0.479. The minimum absolute atomic E-state index is 0.0271. The van der Waals surface area contributed by atoms with Gasteiger partial charge in [0.25, 0.3) is 5.91 Å². The van der Waals surface area contributed by atoms with Crippen LogP contribution in [-0.2, 0) is 4.79 Å². The van der Waals surface area contributed by atoms with Gasteiger partial charge in [-0.15, -0.1) is 0 Å². The maximum Gasteiger partial charge on any atom is 0.283 e. The molecule has 0 spiro atoms. The smallest absolute Gasteiger partial charge is 0.283 e. The van der Waals surface area contributed by atoms with Gasteiger partial charge in [-0.05, 0) is 60.2 Å². The average Bonchev–Trinajstić information content (AvgIpc) is 3.36. The first-order valence-electron chi connectivity index (χ1n) is 9.15. The fourth-order valence-corrected chi connectivity index (χ4v) is 3.91. The summed E-state index contributed by atoms with van der Waals surface area (Å²) in [5.41, 5.74) is 1.97. The molecule has 2 aromatic carbocycles. The second-order valence-electron chi connectivity index (χ2n) is 6.73. The molecule has 0 atom stereocenters. The van der Waals surface area contributed by atoms with Crippen LogP contribution in [0.4, 0.5) is 0 Å². The van der Waals surface area contributed by atoms with Crippen LogP contribution in [-0.4, -0.2) is 40.4 Å². The molecule has 150 valence electrons. The Morgan fingerprint density at radius 1 is 1.23 bits per heavy atom. The molecule has 30 heavy (non-hydrogen) atoms. The molecule has 5 rings (SSSR count).